The van der Waals surface area contributed by atoms with Gasteiger partial charge in [0.05, 0.1) is 0 Å². The van der Waals surface area contributed by atoms with Crippen molar-refractivity contribution >= 4 is 11.6 Å². The lowest BCUT2D eigenvalue weighted by molar-refractivity contribution is 0.556. The van der Waals surface area contributed by atoms with Gasteiger partial charge in [-0.1, -0.05) is 75.6 Å². The molecule has 114 valence electrons. The number of rotatable bonds is 12. The van der Waals surface area contributed by atoms with Gasteiger partial charge in [0.1, 0.15) is 0 Å². The number of hydrogen-bond donors (Lipinski definition) is 1. The Morgan fingerprint density at radius 3 is 2.30 bits per heavy atom. The molecule has 1 aromatic carbocycles. The fraction of sp³-hybridized carbons (Fsp3) is 0.667. The molecule has 1 aromatic rings. The molecule has 0 aromatic heterocycles. The highest BCUT2D eigenvalue weighted by molar-refractivity contribution is 6.30. The van der Waals surface area contributed by atoms with Crippen LogP contribution in [0.1, 0.15) is 63.9 Å². The van der Waals surface area contributed by atoms with Crippen LogP contribution in [0.25, 0.3) is 0 Å². The first kappa shape index (κ1) is 17.5. The van der Waals surface area contributed by atoms with E-state index in [0.717, 1.165) is 24.5 Å². The van der Waals surface area contributed by atoms with Crippen LogP contribution < -0.4 is 5.32 Å². The molecule has 0 saturated carbocycles. The summed E-state index contributed by atoms with van der Waals surface area (Å²) in [6.07, 6.45) is 12.2. The molecule has 0 unspecified atom stereocenters. The normalized spacial score (nSPS) is 10.9. The third-order valence-electron chi connectivity index (χ3n) is 3.69. The molecule has 1 rings (SSSR count). The quantitative estimate of drug-likeness (QED) is 0.494. The maximum atomic E-state index is 5.97. The summed E-state index contributed by atoms with van der Waals surface area (Å²) in [4.78, 5) is 0. The Bertz CT molecular complexity index is 338. The van der Waals surface area contributed by atoms with E-state index in [1.54, 1.807) is 0 Å². The summed E-state index contributed by atoms with van der Waals surface area (Å²) in [7, 11) is 0. The highest BCUT2D eigenvalue weighted by atomic mass is 35.5. The molecule has 1 N–H and O–H groups in total. The zero-order valence-electron chi connectivity index (χ0n) is 13.0. The first-order valence-corrected chi connectivity index (χ1v) is 8.66. The van der Waals surface area contributed by atoms with Crippen LogP contribution in [0.5, 0.6) is 0 Å². The van der Waals surface area contributed by atoms with Gasteiger partial charge in [-0.05, 0) is 43.6 Å². The van der Waals surface area contributed by atoms with Gasteiger partial charge in [-0.2, -0.15) is 0 Å². The zero-order chi connectivity index (χ0) is 14.5. The maximum Gasteiger partial charge on any atom is 0.0408 e. The monoisotopic (exact) mass is 295 g/mol. The standard InChI is InChI=1S/C18H30ClN/c1-2-3-4-5-6-7-8-9-14-20-15-13-17-11-10-12-18(19)16-17/h10-12,16,20H,2-9,13-15H2,1H3. The van der Waals surface area contributed by atoms with E-state index in [2.05, 4.69) is 24.4 Å². The molecule has 0 bridgehead atoms. The van der Waals surface area contributed by atoms with Gasteiger partial charge in [0, 0.05) is 5.02 Å². The van der Waals surface area contributed by atoms with Crippen LogP contribution in [0.3, 0.4) is 0 Å². The Morgan fingerprint density at radius 2 is 1.60 bits per heavy atom. The topological polar surface area (TPSA) is 12.0 Å². The lowest BCUT2D eigenvalue weighted by Crippen LogP contribution is -2.18. The van der Waals surface area contributed by atoms with E-state index >= 15 is 0 Å². The largest absolute Gasteiger partial charge is 0.316 e. The van der Waals surface area contributed by atoms with Crippen molar-refractivity contribution in [3.8, 4) is 0 Å². The SMILES string of the molecule is CCCCCCCCCCNCCc1cccc(Cl)c1. The van der Waals surface area contributed by atoms with E-state index in [-0.39, 0.29) is 0 Å². The Morgan fingerprint density at radius 1 is 0.900 bits per heavy atom. The number of unbranched alkanes of at least 4 members (excludes halogenated alkanes) is 7. The van der Waals surface area contributed by atoms with Gasteiger partial charge >= 0.3 is 0 Å². The smallest absolute Gasteiger partial charge is 0.0408 e. The van der Waals surface area contributed by atoms with E-state index in [9.17, 15) is 0 Å². The molecule has 0 aliphatic heterocycles. The van der Waals surface area contributed by atoms with Crippen LogP contribution in [-0.2, 0) is 6.42 Å². The van der Waals surface area contributed by atoms with Gasteiger partial charge in [-0.3, -0.25) is 0 Å². The predicted molar refractivity (Wildman–Crippen MR) is 90.6 cm³/mol. The minimum absolute atomic E-state index is 0.838. The molecule has 0 aliphatic rings. The number of nitrogens with one attached hydrogen (secondary N) is 1. The van der Waals surface area contributed by atoms with Crippen molar-refractivity contribution in [2.24, 2.45) is 0 Å². The molecule has 0 spiro atoms. The summed E-state index contributed by atoms with van der Waals surface area (Å²) < 4.78 is 0. The molecule has 0 radical (unpaired) electrons. The number of benzene rings is 1. The third kappa shape index (κ3) is 9.39. The molecule has 0 heterocycles. The first-order valence-electron chi connectivity index (χ1n) is 8.28. The van der Waals surface area contributed by atoms with Crippen LogP contribution in [0.15, 0.2) is 24.3 Å². The highest BCUT2D eigenvalue weighted by Gasteiger charge is 1.95. The maximum absolute atomic E-state index is 5.97. The van der Waals surface area contributed by atoms with Gasteiger partial charge in [0.15, 0.2) is 0 Å². The number of hydrogen-bond acceptors (Lipinski definition) is 1. The summed E-state index contributed by atoms with van der Waals surface area (Å²) in [5, 5.41) is 4.36. The van der Waals surface area contributed by atoms with E-state index in [0.29, 0.717) is 0 Å². The van der Waals surface area contributed by atoms with Gasteiger partial charge < -0.3 is 5.32 Å². The van der Waals surface area contributed by atoms with Gasteiger partial charge in [-0.15, -0.1) is 0 Å². The van der Waals surface area contributed by atoms with Crippen molar-refractivity contribution in [3.05, 3.63) is 34.9 Å². The second-order valence-corrected chi connectivity index (χ2v) is 6.04. The van der Waals surface area contributed by atoms with Crippen LogP contribution in [0.2, 0.25) is 5.02 Å². The molecule has 20 heavy (non-hydrogen) atoms. The minimum Gasteiger partial charge on any atom is -0.316 e. The molecular weight excluding hydrogens is 266 g/mol. The second kappa shape index (κ2) is 12.2. The summed E-state index contributed by atoms with van der Waals surface area (Å²) >= 11 is 5.97. The zero-order valence-corrected chi connectivity index (χ0v) is 13.7. The van der Waals surface area contributed by atoms with Crippen molar-refractivity contribution in [3.63, 3.8) is 0 Å². The summed E-state index contributed by atoms with van der Waals surface area (Å²) in [5.74, 6) is 0. The number of halogens is 1. The van der Waals surface area contributed by atoms with Crippen LogP contribution >= 0.6 is 11.6 Å². The summed E-state index contributed by atoms with van der Waals surface area (Å²) in [5.41, 5.74) is 1.32. The van der Waals surface area contributed by atoms with E-state index in [1.165, 1.54) is 56.9 Å². The molecule has 0 aliphatic carbocycles. The molecule has 1 nitrogen and oxygen atoms in total. The van der Waals surface area contributed by atoms with Gasteiger partial charge in [0.2, 0.25) is 0 Å². The van der Waals surface area contributed by atoms with Crippen molar-refractivity contribution in [1.29, 1.82) is 0 Å². The summed E-state index contributed by atoms with van der Waals surface area (Å²) in [6, 6.07) is 8.15. The Kier molecular flexibility index (Phi) is 10.7. The van der Waals surface area contributed by atoms with Crippen LogP contribution in [0.4, 0.5) is 0 Å². The Balaban J connectivity index is 1.85. The molecule has 2 heteroatoms. The summed E-state index contributed by atoms with van der Waals surface area (Å²) in [6.45, 7) is 4.47. The average molecular weight is 296 g/mol. The average Bonchev–Trinajstić information content (AvgIpc) is 2.45. The van der Waals surface area contributed by atoms with Crippen molar-refractivity contribution < 1.29 is 0 Å². The van der Waals surface area contributed by atoms with Crippen molar-refractivity contribution in [2.75, 3.05) is 13.1 Å². The van der Waals surface area contributed by atoms with E-state index in [1.807, 2.05) is 12.1 Å². The van der Waals surface area contributed by atoms with E-state index in [4.69, 9.17) is 11.6 Å². The lowest BCUT2D eigenvalue weighted by atomic mass is 10.1. The first-order chi connectivity index (χ1) is 9.83. The fourth-order valence-corrected chi connectivity index (χ4v) is 2.65. The van der Waals surface area contributed by atoms with E-state index < -0.39 is 0 Å². The molecule has 0 fully saturated rings. The van der Waals surface area contributed by atoms with Crippen molar-refractivity contribution in [2.45, 2.75) is 64.7 Å². The van der Waals surface area contributed by atoms with Gasteiger partial charge in [-0.25, -0.2) is 0 Å². The predicted octanol–water partition coefficient (Wildman–Crippen LogP) is 5.61. The Hall–Kier alpha value is -0.530. The molecular formula is C18H30ClN. The fourth-order valence-electron chi connectivity index (χ4n) is 2.43. The molecule has 0 atom stereocenters. The third-order valence-corrected chi connectivity index (χ3v) is 3.92. The van der Waals surface area contributed by atoms with Crippen molar-refractivity contribution in [1.82, 2.24) is 5.32 Å². The lowest BCUT2D eigenvalue weighted by Gasteiger charge is -2.05. The van der Waals surface area contributed by atoms with Gasteiger partial charge in [0.25, 0.3) is 0 Å². The molecule has 0 saturated heterocycles. The van der Waals surface area contributed by atoms with Crippen LogP contribution in [0, 0.1) is 0 Å². The Labute approximate surface area is 130 Å². The second-order valence-electron chi connectivity index (χ2n) is 5.60. The molecule has 0 amide bonds. The van der Waals surface area contributed by atoms with Crippen LogP contribution in [-0.4, -0.2) is 13.1 Å². The highest BCUT2D eigenvalue weighted by Crippen LogP contribution is 2.11. The minimum atomic E-state index is 0.838.